The normalized spacial score (nSPS) is 17.6. The molecule has 0 aromatic rings. The van der Waals surface area contributed by atoms with Crippen LogP contribution in [0.5, 0.6) is 0 Å². The van der Waals surface area contributed by atoms with E-state index in [0.717, 1.165) is 12.8 Å². The second kappa shape index (κ2) is 5.49. The maximum atomic E-state index is 11.8. The molecule has 0 atom stereocenters. The van der Waals surface area contributed by atoms with E-state index in [2.05, 4.69) is 0 Å². The zero-order chi connectivity index (χ0) is 13.1. The van der Waals surface area contributed by atoms with E-state index in [0.29, 0.717) is 13.2 Å². The Morgan fingerprint density at radius 3 is 2.24 bits per heavy atom. The van der Waals surface area contributed by atoms with Crippen molar-refractivity contribution in [3.8, 4) is 0 Å². The zero-order valence-electron chi connectivity index (χ0n) is 11.0. The van der Waals surface area contributed by atoms with Crippen LogP contribution in [-0.2, 0) is 19.1 Å². The highest BCUT2D eigenvalue weighted by Gasteiger charge is 2.30. The van der Waals surface area contributed by atoms with E-state index in [4.69, 9.17) is 9.47 Å². The second-order valence-corrected chi connectivity index (χ2v) is 5.26. The van der Waals surface area contributed by atoms with Crippen LogP contribution in [0.4, 0.5) is 0 Å². The van der Waals surface area contributed by atoms with E-state index < -0.39 is 17.5 Å². The van der Waals surface area contributed by atoms with Gasteiger partial charge in [-0.15, -0.1) is 0 Å². The predicted molar refractivity (Wildman–Crippen MR) is 62.5 cm³/mol. The zero-order valence-corrected chi connectivity index (χ0v) is 11.0. The Bertz CT molecular complexity index is 289. The highest BCUT2D eigenvalue weighted by atomic mass is 16.6. The topological polar surface area (TPSA) is 55.8 Å². The van der Waals surface area contributed by atoms with Crippen LogP contribution < -0.4 is 0 Å². The molecule has 0 bridgehead atoms. The van der Waals surface area contributed by atoms with Crippen molar-refractivity contribution in [1.82, 2.24) is 4.90 Å². The predicted octanol–water partition coefficient (Wildman–Crippen LogP) is 0.965. The minimum absolute atomic E-state index is 0.0729. The average Bonchev–Trinajstić information content (AvgIpc) is 2.26. The van der Waals surface area contributed by atoms with E-state index in [1.54, 1.807) is 27.8 Å². The Balaban J connectivity index is 2.53. The van der Waals surface area contributed by atoms with Crippen LogP contribution in [-0.4, -0.2) is 48.7 Å². The maximum Gasteiger partial charge on any atom is 0.397 e. The van der Waals surface area contributed by atoms with E-state index in [-0.39, 0.29) is 6.04 Å². The molecule has 0 spiro atoms. The van der Waals surface area contributed by atoms with Gasteiger partial charge in [0, 0.05) is 26.3 Å². The Hall–Kier alpha value is -1.10. The number of rotatable bonds is 1. The molecule has 98 valence electrons. The maximum absolute atomic E-state index is 11.8. The largest absolute Gasteiger partial charge is 0.453 e. The molecule has 0 N–H and O–H groups in total. The minimum Gasteiger partial charge on any atom is -0.453 e. The number of esters is 1. The third-order valence-corrected chi connectivity index (χ3v) is 2.63. The number of hydrogen-bond donors (Lipinski definition) is 0. The summed E-state index contributed by atoms with van der Waals surface area (Å²) in [6.45, 7) is 6.50. The first-order valence-electron chi connectivity index (χ1n) is 5.89. The molecule has 1 amide bonds. The van der Waals surface area contributed by atoms with Gasteiger partial charge < -0.3 is 14.4 Å². The standard InChI is InChI=1S/C12H21NO4/c1-12(2,3)17-11(15)10(14)13(4)9-5-7-16-8-6-9/h9H,5-8H2,1-4H3. The molecule has 0 unspecified atom stereocenters. The molecule has 0 aromatic heterocycles. The van der Waals surface area contributed by atoms with Gasteiger partial charge in [0.05, 0.1) is 0 Å². The van der Waals surface area contributed by atoms with Gasteiger partial charge in [-0.25, -0.2) is 4.79 Å². The highest BCUT2D eigenvalue weighted by Crippen LogP contribution is 2.14. The molecular formula is C12H21NO4. The average molecular weight is 243 g/mol. The lowest BCUT2D eigenvalue weighted by molar-refractivity contribution is -0.169. The second-order valence-electron chi connectivity index (χ2n) is 5.26. The molecule has 0 aliphatic carbocycles. The first-order valence-corrected chi connectivity index (χ1v) is 5.89. The smallest absolute Gasteiger partial charge is 0.397 e. The highest BCUT2D eigenvalue weighted by molar-refractivity contribution is 6.32. The summed E-state index contributed by atoms with van der Waals surface area (Å²) in [6, 6.07) is 0.0729. The molecule has 1 aliphatic rings. The number of likely N-dealkylation sites (N-methyl/N-ethyl adjacent to an activating group) is 1. The summed E-state index contributed by atoms with van der Waals surface area (Å²) >= 11 is 0. The van der Waals surface area contributed by atoms with E-state index in [1.807, 2.05) is 0 Å². The fraction of sp³-hybridized carbons (Fsp3) is 0.833. The number of ether oxygens (including phenoxy) is 2. The summed E-state index contributed by atoms with van der Waals surface area (Å²) in [4.78, 5) is 24.9. The SMILES string of the molecule is CN(C(=O)C(=O)OC(C)(C)C)C1CCOCC1. The van der Waals surface area contributed by atoms with Crippen molar-refractivity contribution in [2.45, 2.75) is 45.3 Å². The van der Waals surface area contributed by atoms with Crippen LogP contribution in [0.25, 0.3) is 0 Å². The Labute approximate surface area is 102 Å². The van der Waals surface area contributed by atoms with Crippen LogP contribution in [0.15, 0.2) is 0 Å². The lowest BCUT2D eigenvalue weighted by Gasteiger charge is -2.31. The van der Waals surface area contributed by atoms with Crippen molar-refractivity contribution in [2.24, 2.45) is 0 Å². The van der Waals surface area contributed by atoms with Crippen molar-refractivity contribution in [2.75, 3.05) is 20.3 Å². The number of carbonyl (C=O) groups is 2. The van der Waals surface area contributed by atoms with Gasteiger partial charge in [0.2, 0.25) is 0 Å². The van der Waals surface area contributed by atoms with E-state index in [1.165, 1.54) is 4.90 Å². The lowest BCUT2D eigenvalue weighted by atomic mass is 10.1. The van der Waals surface area contributed by atoms with Crippen LogP contribution in [0, 0.1) is 0 Å². The van der Waals surface area contributed by atoms with Crippen molar-refractivity contribution in [1.29, 1.82) is 0 Å². The summed E-state index contributed by atoms with van der Waals surface area (Å²) in [5.41, 5.74) is -0.636. The van der Waals surface area contributed by atoms with E-state index in [9.17, 15) is 9.59 Å². The number of carbonyl (C=O) groups excluding carboxylic acids is 2. The lowest BCUT2D eigenvalue weighted by Crippen LogP contribution is -2.45. The van der Waals surface area contributed by atoms with Crippen molar-refractivity contribution in [3.63, 3.8) is 0 Å². The summed E-state index contributed by atoms with van der Waals surface area (Å²) in [5.74, 6) is -1.36. The monoisotopic (exact) mass is 243 g/mol. The van der Waals surface area contributed by atoms with Gasteiger partial charge in [0.1, 0.15) is 5.60 Å². The summed E-state index contributed by atoms with van der Waals surface area (Å²) in [6.07, 6.45) is 1.54. The summed E-state index contributed by atoms with van der Waals surface area (Å²) < 4.78 is 10.3. The third-order valence-electron chi connectivity index (χ3n) is 2.63. The Morgan fingerprint density at radius 1 is 1.24 bits per heavy atom. The molecule has 1 heterocycles. The molecule has 5 heteroatoms. The van der Waals surface area contributed by atoms with Crippen LogP contribution in [0.2, 0.25) is 0 Å². The van der Waals surface area contributed by atoms with Gasteiger partial charge in [-0.05, 0) is 33.6 Å². The number of amides is 1. The van der Waals surface area contributed by atoms with Crippen LogP contribution in [0.1, 0.15) is 33.6 Å². The fourth-order valence-corrected chi connectivity index (χ4v) is 1.70. The Morgan fingerprint density at radius 2 is 1.76 bits per heavy atom. The first-order chi connectivity index (χ1) is 7.81. The molecular weight excluding hydrogens is 222 g/mol. The molecule has 0 radical (unpaired) electrons. The van der Waals surface area contributed by atoms with Gasteiger partial charge in [-0.2, -0.15) is 0 Å². The van der Waals surface area contributed by atoms with Gasteiger partial charge in [0.15, 0.2) is 0 Å². The number of nitrogens with zero attached hydrogens (tertiary/aromatic N) is 1. The molecule has 1 rings (SSSR count). The molecule has 1 aliphatic heterocycles. The molecule has 0 aromatic carbocycles. The van der Waals surface area contributed by atoms with Crippen molar-refractivity contribution < 1.29 is 19.1 Å². The van der Waals surface area contributed by atoms with E-state index >= 15 is 0 Å². The van der Waals surface area contributed by atoms with Gasteiger partial charge in [-0.3, -0.25) is 4.79 Å². The van der Waals surface area contributed by atoms with Crippen LogP contribution in [0.3, 0.4) is 0 Å². The molecule has 17 heavy (non-hydrogen) atoms. The van der Waals surface area contributed by atoms with Gasteiger partial charge in [0.25, 0.3) is 0 Å². The van der Waals surface area contributed by atoms with Gasteiger partial charge >= 0.3 is 11.9 Å². The van der Waals surface area contributed by atoms with Crippen molar-refractivity contribution in [3.05, 3.63) is 0 Å². The summed E-state index contributed by atoms with van der Waals surface area (Å²) in [7, 11) is 1.64. The van der Waals surface area contributed by atoms with Crippen LogP contribution >= 0.6 is 0 Å². The quantitative estimate of drug-likeness (QED) is 0.508. The summed E-state index contributed by atoms with van der Waals surface area (Å²) in [5, 5.41) is 0. The van der Waals surface area contributed by atoms with Gasteiger partial charge in [-0.1, -0.05) is 0 Å². The minimum atomic E-state index is -0.786. The molecule has 5 nitrogen and oxygen atoms in total. The molecule has 0 saturated carbocycles. The first kappa shape index (κ1) is 14.0. The Kier molecular flexibility index (Phi) is 4.51. The molecule has 1 fully saturated rings. The fourth-order valence-electron chi connectivity index (χ4n) is 1.70. The molecule has 1 saturated heterocycles. The van der Waals surface area contributed by atoms with Crippen molar-refractivity contribution >= 4 is 11.9 Å². The third kappa shape index (κ3) is 4.34. The number of hydrogen-bond acceptors (Lipinski definition) is 4.